The number of rotatable bonds is 6. The molecule has 1 aromatic heterocycles. The van der Waals surface area contributed by atoms with Crippen LogP contribution in [0.15, 0.2) is 78.2 Å². The smallest absolute Gasteiger partial charge is 0.277 e. The second-order valence-electron chi connectivity index (χ2n) is 7.39. The minimum absolute atomic E-state index is 0.0666. The lowest BCUT2D eigenvalue weighted by Crippen LogP contribution is -2.88. The fraction of sp³-hybridized carbons (Fsp3) is 0.250. The second-order valence-corrected chi connectivity index (χ2v) is 8.34. The molecule has 30 heavy (non-hydrogen) atoms. The number of quaternary nitrogens is 1. The fourth-order valence-electron chi connectivity index (χ4n) is 3.85. The van der Waals surface area contributed by atoms with E-state index in [1.807, 2.05) is 63.7 Å². The van der Waals surface area contributed by atoms with E-state index >= 15 is 0 Å². The summed E-state index contributed by atoms with van der Waals surface area (Å²) >= 11 is 1.46. The molecule has 2 N–H and O–H groups in total. The molecule has 2 aromatic carbocycles. The summed E-state index contributed by atoms with van der Waals surface area (Å²) in [5.41, 5.74) is 2.37. The van der Waals surface area contributed by atoms with Gasteiger partial charge in [0.25, 0.3) is 11.8 Å². The van der Waals surface area contributed by atoms with E-state index in [0.29, 0.717) is 32.7 Å². The van der Waals surface area contributed by atoms with Crippen molar-refractivity contribution < 1.29 is 14.9 Å². The summed E-state index contributed by atoms with van der Waals surface area (Å²) in [5, 5.41) is 4.02. The van der Waals surface area contributed by atoms with Gasteiger partial charge in [0, 0.05) is 37.3 Å². The van der Waals surface area contributed by atoms with Crippen molar-refractivity contribution in [2.45, 2.75) is 6.04 Å². The van der Waals surface area contributed by atoms with Crippen molar-refractivity contribution in [1.82, 2.24) is 9.80 Å². The molecule has 4 rings (SSSR count). The zero-order valence-electron chi connectivity index (χ0n) is 16.8. The zero-order chi connectivity index (χ0) is 20.8. The van der Waals surface area contributed by atoms with Crippen LogP contribution < -0.4 is 5.32 Å². The normalized spacial score (nSPS) is 14.2. The van der Waals surface area contributed by atoms with Crippen LogP contribution in [0.1, 0.15) is 26.8 Å². The molecule has 0 atom stereocenters. The molecule has 0 spiro atoms. The Morgan fingerprint density at radius 2 is 1.37 bits per heavy atom. The molecule has 0 radical (unpaired) electrons. The SMILES string of the molecule is O=C(C[NH2+]C(c1ccccc1)c1ccccc1)N1CCN(C(=O)c2cccs2)CC1. The molecule has 3 aromatic rings. The fourth-order valence-corrected chi connectivity index (χ4v) is 4.54. The Bertz CT molecular complexity index is 913. The van der Waals surface area contributed by atoms with E-state index in [1.54, 1.807) is 0 Å². The molecule has 2 amide bonds. The van der Waals surface area contributed by atoms with Crippen LogP contribution in [0.3, 0.4) is 0 Å². The van der Waals surface area contributed by atoms with E-state index in [4.69, 9.17) is 0 Å². The summed E-state index contributed by atoms with van der Waals surface area (Å²) in [6.45, 7) is 2.73. The van der Waals surface area contributed by atoms with Gasteiger partial charge in [-0.2, -0.15) is 0 Å². The van der Waals surface area contributed by atoms with E-state index in [0.717, 1.165) is 4.88 Å². The van der Waals surface area contributed by atoms with Crippen molar-refractivity contribution in [2.24, 2.45) is 0 Å². The van der Waals surface area contributed by atoms with Gasteiger partial charge in [-0.05, 0) is 11.4 Å². The highest BCUT2D eigenvalue weighted by atomic mass is 32.1. The van der Waals surface area contributed by atoms with Gasteiger partial charge in [-0.1, -0.05) is 66.7 Å². The molecule has 0 saturated carbocycles. The lowest BCUT2D eigenvalue weighted by molar-refractivity contribution is -0.677. The van der Waals surface area contributed by atoms with E-state index in [1.165, 1.54) is 22.5 Å². The molecule has 1 aliphatic heterocycles. The highest BCUT2D eigenvalue weighted by Crippen LogP contribution is 2.18. The second kappa shape index (κ2) is 9.69. The third-order valence-electron chi connectivity index (χ3n) is 5.50. The Labute approximate surface area is 180 Å². The third kappa shape index (κ3) is 4.78. The molecule has 154 valence electrons. The Hall–Kier alpha value is -2.96. The number of hydrogen-bond donors (Lipinski definition) is 1. The monoisotopic (exact) mass is 420 g/mol. The lowest BCUT2D eigenvalue weighted by atomic mass is 9.99. The quantitative estimate of drug-likeness (QED) is 0.666. The van der Waals surface area contributed by atoms with Crippen molar-refractivity contribution in [3.05, 3.63) is 94.2 Å². The first kappa shape index (κ1) is 20.3. The van der Waals surface area contributed by atoms with Crippen molar-refractivity contribution in [1.29, 1.82) is 0 Å². The maximum absolute atomic E-state index is 12.9. The van der Waals surface area contributed by atoms with Crippen LogP contribution in [0.25, 0.3) is 0 Å². The molecular formula is C24H26N3O2S+. The van der Waals surface area contributed by atoms with Crippen molar-refractivity contribution in [3.8, 4) is 0 Å². The minimum atomic E-state index is 0.0666. The predicted molar refractivity (Wildman–Crippen MR) is 118 cm³/mol. The van der Waals surface area contributed by atoms with Gasteiger partial charge in [0.15, 0.2) is 6.54 Å². The van der Waals surface area contributed by atoms with E-state index in [2.05, 4.69) is 29.6 Å². The Morgan fingerprint density at radius 3 is 1.90 bits per heavy atom. The Balaban J connectivity index is 1.35. The highest BCUT2D eigenvalue weighted by Gasteiger charge is 2.27. The van der Waals surface area contributed by atoms with Crippen LogP contribution >= 0.6 is 11.3 Å². The first-order valence-electron chi connectivity index (χ1n) is 10.3. The van der Waals surface area contributed by atoms with E-state index in [-0.39, 0.29) is 17.9 Å². The van der Waals surface area contributed by atoms with Gasteiger partial charge in [-0.3, -0.25) is 9.59 Å². The number of nitrogens with two attached hydrogens (primary N) is 1. The highest BCUT2D eigenvalue weighted by molar-refractivity contribution is 7.12. The molecule has 5 nitrogen and oxygen atoms in total. The van der Waals surface area contributed by atoms with Gasteiger partial charge in [-0.15, -0.1) is 11.3 Å². The summed E-state index contributed by atoms with van der Waals surface area (Å²) in [7, 11) is 0. The predicted octanol–water partition coefficient (Wildman–Crippen LogP) is 2.39. The van der Waals surface area contributed by atoms with Gasteiger partial charge in [-0.25, -0.2) is 0 Å². The van der Waals surface area contributed by atoms with Gasteiger partial charge >= 0.3 is 0 Å². The van der Waals surface area contributed by atoms with Crippen LogP contribution in [-0.4, -0.2) is 54.3 Å². The topological polar surface area (TPSA) is 57.2 Å². The van der Waals surface area contributed by atoms with Crippen LogP contribution in [0, 0.1) is 0 Å². The summed E-state index contributed by atoms with van der Waals surface area (Å²) in [6.07, 6.45) is 0. The molecule has 2 heterocycles. The maximum Gasteiger partial charge on any atom is 0.277 e. The number of benzene rings is 2. The average Bonchev–Trinajstić information content (AvgIpc) is 3.35. The molecule has 1 fully saturated rings. The summed E-state index contributed by atoms with van der Waals surface area (Å²) in [5.74, 6) is 0.187. The van der Waals surface area contributed by atoms with Crippen LogP contribution in [0.4, 0.5) is 0 Å². The Kier molecular flexibility index (Phi) is 6.57. The summed E-state index contributed by atoms with van der Waals surface area (Å²) < 4.78 is 0. The zero-order valence-corrected chi connectivity index (χ0v) is 17.6. The minimum Gasteiger partial charge on any atom is -0.334 e. The number of thiophene rings is 1. The molecule has 6 heteroatoms. The lowest BCUT2D eigenvalue weighted by Gasteiger charge is -2.34. The number of nitrogens with zero attached hydrogens (tertiary/aromatic N) is 2. The first-order valence-corrected chi connectivity index (χ1v) is 11.1. The molecule has 1 aliphatic rings. The number of hydrogen-bond acceptors (Lipinski definition) is 3. The summed E-state index contributed by atoms with van der Waals surface area (Å²) in [6, 6.07) is 24.4. The molecule has 0 aliphatic carbocycles. The number of carbonyl (C=O) groups excluding carboxylic acids is 2. The van der Waals surface area contributed by atoms with Crippen molar-refractivity contribution >= 4 is 23.2 Å². The van der Waals surface area contributed by atoms with Crippen LogP contribution in [0.5, 0.6) is 0 Å². The molecule has 0 unspecified atom stereocenters. The van der Waals surface area contributed by atoms with Crippen molar-refractivity contribution in [2.75, 3.05) is 32.7 Å². The Morgan fingerprint density at radius 1 is 0.800 bits per heavy atom. The maximum atomic E-state index is 12.9. The number of piperazine rings is 1. The molecular weight excluding hydrogens is 394 g/mol. The molecule has 0 bridgehead atoms. The van der Waals surface area contributed by atoms with E-state index in [9.17, 15) is 9.59 Å². The average molecular weight is 421 g/mol. The van der Waals surface area contributed by atoms with Crippen LogP contribution in [-0.2, 0) is 4.79 Å². The van der Waals surface area contributed by atoms with Gasteiger partial charge in [0.1, 0.15) is 6.04 Å². The van der Waals surface area contributed by atoms with Gasteiger partial charge < -0.3 is 15.1 Å². The number of carbonyl (C=O) groups is 2. The van der Waals surface area contributed by atoms with Crippen molar-refractivity contribution in [3.63, 3.8) is 0 Å². The molecule has 1 saturated heterocycles. The third-order valence-corrected chi connectivity index (χ3v) is 6.35. The standard InChI is InChI=1S/C24H25N3O2S/c28-22(26-13-15-27(16-14-26)24(29)21-12-7-17-30-21)18-25-23(19-8-3-1-4-9-19)20-10-5-2-6-11-20/h1-12,17,23,25H,13-16,18H2/p+1. The largest absolute Gasteiger partial charge is 0.334 e. The first-order chi connectivity index (χ1) is 14.7. The van der Waals surface area contributed by atoms with E-state index < -0.39 is 0 Å². The van der Waals surface area contributed by atoms with Crippen LogP contribution in [0.2, 0.25) is 0 Å². The van der Waals surface area contributed by atoms with Gasteiger partial charge in [0.2, 0.25) is 0 Å². The number of amides is 2. The summed E-state index contributed by atoms with van der Waals surface area (Å²) in [4.78, 5) is 29.8. The van der Waals surface area contributed by atoms with Gasteiger partial charge in [0.05, 0.1) is 4.88 Å².